The van der Waals surface area contributed by atoms with Gasteiger partial charge in [0, 0.05) is 20.5 Å². The van der Waals surface area contributed by atoms with E-state index in [9.17, 15) is 9.59 Å². The summed E-state index contributed by atoms with van der Waals surface area (Å²) in [6.45, 7) is 1.84. The van der Waals surface area contributed by atoms with Crippen molar-refractivity contribution >= 4 is 11.9 Å². The Kier molecular flexibility index (Phi) is 5.21. The third-order valence-corrected chi connectivity index (χ3v) is 2.14. The molecule has 2 unspecified atom stereocenters. The van der Waals surface area contributed by atoms with Crippen molar-refractivity contribution in [3.05, 3.63) is 0 Å². The largest absolute Gasteiger partial charge is 0.461 e. The molecule has 0 aliphatic carbocycles. The number of carbonyl (C=O) groups is 2. The van der Waals surface area contributed by atoms with Crippen molar-refractivity contribution in [3.63, 3.8) is 0 Å². The van der Waals surface area contributed by atoms with Crippen molar-refractivity contribution in [1.29, 1.82) is 0 Å². The van der Waals surface area contributed by atoms with E-state index in [1.807, 2.05) is 0 Å². The first-order chi connectivity index (χ1) is 7.63. The molecule has 0 amide bonds. The summed E-state index contributed by atoms with van der Waals surface area (Å²) in [5.41, 5.74) is 0. The number of hydrogen-bond donors (Lipinski definition) is 0. The topological polar surface area (TPSA) is 71.1 Å². The molecule has 2 atom stereocenters. The van der Waals surface area contributed by atoms with E-state index in [2.05, 4.69) is 4.74 Å². The predicted octanol–water partition coefficient (Wildman–Crippen LogP) is -0.103. The van der Waals surface area contributed by atoms with E-state index in [-0.39, 0.29) is 31.4 Å². The highest BCUT2D eigenvalue weighted by Gasteiger charge is 2.31. The lowest BCUT2D eigenvalue weighted by atomic mass is 10.2. The summed E-state index contributed by atoms with van der Waals surface area (Å²) in [7, 11) is 1.41. The summed E-state index contributed by atoms with van der Waals surface area (Å²) < 4.78 is 19.8. The van der Waals surface area contributed by atoms with Crippen LogP contribution >= 0.6 is 0 Å². The normalized spacial score (nSPS) is 24.1. The van der Waals surface area contributed by atoms with Crippen LogP contribution in [-0.4, -0.2) is 51.1 Å². The van der Waals surface area contributed by atoms with Gasteiger partial charge in [-0.15, -0.1) is 0 Å². The fourth-order valence-corrected chi connectivity index (χ4v) is 1.47. The Balaban J connectivity index is 2.29. The van der Waals surface area contributed by atoms with Gasteiger partial charge in [0.05, 0.1) is 6.61 Å². The zero-order chi connectivity index (χ0) is 12.0. The van der Waals surface area contributed by atoms with E-state index in [0.717, 1.165) is 0 Å². The van der Waals surface area contributed by atoms with Crippen molar-refractivity contribution in [3.8, 4) is 0 Å². The van der Waals surface area contributed by atoms with Gasteiger partial charge in [-0.05, 0) is 0 Å². The maximum Gasteiger partial charge on any atom is 0.332 e. The predicted molar refractivity (Wildman–Crippen MR) is 52.7 cm³/mol. The first-order valence-corrected chi connectivity index (χ1v) is 5.07. The standard InChI is InChI=1S/C10H16O6/c1-7(11)16-8-3-4-14-9(8)5-15-10(12)6-13-2/h8-9H,3-6H2,1-2H3. The summed E-state index contributed by atoms with van der Waals surface area (Å²) in [5.74, 6) is -0.816. The maximum absolute atomic E-state index is 11.0. The van der Waals surface area contributed by atoms with Crippen LogP contribution in [0.4, 0.5) is 0 Å². The quantitative estimate of drug-likeness (QED) is 0.616. The summed E-state index contributed by atoms with van der Waals surface area (Å²) in [4.78, 5) is 21.8. The molecule has 0 radical (unpaired) electrons. The maximum atomic E-state index is 11.0. The lowest BCUT2D eigenvalue weighted by Gasteiger charge is -2.17. The van der Waals surface area contributed by atoms with Crippen molar-refractivity contribution in [2.24, 2.45) is 0 Å². The smallest absolute Gasteiger partial charge is 0.332 e. The molecule has 92 valence electrons. The van der Waals surface area contributed by atoms with Crippen LogP contribution in [0.3, 0.4) is 0 Å². The van der Waals surface area contributed by atoms with Crippen LogP contribution in [0.15, 0.2) is 0 Å². The average molecular weight is 232 g/mol. The Hall–Kier alpha value is -1.14. The number of methoxy groups -OCH3 is 1. The molecule has 0 saturated carbocycles. The Morgan fingerprint density at radius 3 is 2.81 bits per heavy atom. The highest BCUT2D eigenvalue weighted by molar-refractivity contribution is 5.70. The van der Waals surface area contributed by atoms with Crippen LogP contribution in [0.5, 0.6) is 0 Å². The van der Waals surface area contributed by atoms with Crippen LogP contribution < -0.4 is 0 Å². The van der Waals surface area contributed by atoms with Gasteiger partial charge in [-0.2, -0.15) is 0 Å². The molecule has 0 N–H and O–H groups in total. The molecule has 6 heteroatoms. The monoisotopic (exact) mass is 232 g/mol. The molecule has 1 heterocycles. The molecule has 1 aliphatic heterocycles. The van der Waals surface area contributed by atoms with Gasteiger partial charge in [-0.1, -0.05) is 0 Å². The van der Waals surface area contributed by atoms with E-state index in [1.54, 1.807) is 0 Å². The molecule has 6 nitrogen and oxygen atoms in total. The van der Waals surface area contributed by atoms with Gasteiger partial charge < -0.3 is 18.9 Å². The molecule has 1 fully saturated rings. The SMILES string of the molecule is COCC(=O)OCC1OCCC1OC(C)=O. The first-order valence-electron chi connectivity index (χ1n) is 5.07. The molecule has 0 bridgehead atoms. The van der Waals surface area contributed by atoms with Crippen LogP contribution in [0.25, 0.3) is 0 Å². The number of hydrogen-bond acceptors (Lipinski definition) is 6. The minimum Gasteiger partial charge on any atom is -0.461 e. The molecular weight excluding hydrogens is 216 g/mol. The highest BCUT2D eigenvalue weighted by atomic mass is 16.6. The Bertz CT molecular complexity index is 252. The molecule has 1 aliphatic rings. The van der Waals surface area contributed by atoms with Gasteiger partial charge in [0.25, 0.3) is 0 Å². The number of esters is 2. The highest BCUT2D eigenvalue weighted by Crippen LogP contribution is 2.17. The van der Waals surface area contributed by atoms with Gasteiger partial charge in [0.2, 0.25) is 0 Å². The lowest BCUT2D eigenvalue weighted by molar-refractivity contribution is -0.157. The zero-order valence-electron chi connectivity index (χ0n) is 9.43. The Labute approximate surface area is 93.8 Å². The fraction of sp³-hybridized carbons (Fsp3) is 0.800. The average Bonchev–Trinajstić information content (AvgIpc) is 2.62. The van der Waals surface area contributed by atoms with E-state index < -0.39 is 5.97 Å². The first kappa shape index (κ1) is 12.9. The molecule has 16 heavy (non-hydrogen) atoms. The van der Waals surface area contributed by atoms with Crippen LogP contribution in [0.2, 0.25) is 0 Å². The molecule has 0 spiro atoms. The minimum atomic E-state index is -0.459. The summed E-state index contributed by atoms with van der Waals surface area (Å²) in [6, 6.07) is 0. The summed E-state index contributed by atoms with van der Waals surface area (Å²) in [6.07, 6.45) is -0.0657. The van der Waals surface area contributed by atoms with E-state index in [0.29, 0.717) is 13.0 Å². The van der Waals surface area contributed by atoms with Crippen molar-refractivity contribution < 1.29 is 28.5 Å². The van der Waals surface area contributed by atoms with E-state index in [4.69, 9.17) is 14.2 Å². The number of carbonyl (C=O) groups excluding carboxylic acids is 2. The number of ether oxygens (including phenoxy) is 4. The van der Waals surface area contributed by atoms with Gasteiger partial charge in [-0.3, -0.25) is 4.79 Å². The fourth-order valence-electron chi connectivity index (χ4n) is 1.47. The zero-order valence-corrected chi connectivity index (χ0v) is 9.43. The second-order valence-electron chi connectivity index (χ2n) is 3.46. The molecule has 0 aromatic heterocycles. The van der Waals surface area contributed by atoms with Gasteiger partial charge in [-0.25, -0.2) is 4.79 Å². The van der Waals surface area contributed by atoms with Gasteiger partial charge in [0.1, 0.15) is 25.4 Å². The second-order valence-corrected chi connectivity index (χ2v) is 3.46. The molecule has 0 aromatic rings. The molecule has 0 aromatic carbocycles. The Morgan fingerprint density at radius 1 is 1.44 bits per heavy atom. The number of rotatable bonds is 5. The van der Waals surface area contributed by atoms with E-state index >= 15 is 0 Å². The second kappa shape index (κ2) is 6.44. The van der Waals surface area contributed by atoms with Crippen LogP contribution in [-0.2, 0) is 28.5 Å². The Morgan fingerprint density at radius 2 is 2.19 bits per heavy atom. The molecular formula is C10H16O6. The molecule has 1 saturated heterocycles. The van der Waals surface area contributed by atoms with Gasteiger partial charge >= 0.3 is 11.9 Å². The van der Waals surface area contributed by atoms with Crippen LogP contribution in [0, 0.1) is 0 Å². The summed E-state index contributed by atoms with van der Waals surface area (Å²) in [5, 5.41) is 0. The van der Waals surface area contributed by atoms with Crippen molar-refractivity contribution in [2.75, 3.05) is 26.9 Å². The minimum absolute atomic E-state index is 0.0835. The van der Waals surface area contributed by atoms with Crippen molar-refractivity contribution in [2.45, 2.75) is 25.6 Å². The summed E-state index contributed by atoms with van der Waals surface area (Å²) >= 11 is 0. The van der Waals surface area contributed by atoms with E-state index in [1.165, 1.54) is 14.0 Å². The lowest BCUT2D eigenvalue weighted by Crippen LogP contribution is -2.32. The molecule has 1 rings (SSSR count). The van der Waals surface area contributed by atoms with Crippen molar-refractivity contribution in [1.82, 2.24) is 0 Å². The third-order valence-electron chi connectivity index (χ3n) is 2.14. The van der Waals surface area contributed by atoms with Gasteiger partial charge in [0.15, 0.2) is 0 Å². The van der Waals surface area contributed by atoms with Crippen LogP contribution in [0.1, 0.15) is 13.3 Å². The third kappa shape index (κ3) is 4.16.